The van der Waals surface area contributed by atoms with Crippen molar-refractivity contribution in [3.8, 4) is 0 Å². The van der Waals surface area contributed by atoms with Crippen LogP contribution in [0.25, 0.3) is 0 Å². The van der Waals surface area contributed by atoms with Gasteiger partial charge in [-0.15, -0.1) is 0 Å². The number of rotatable bonds is 3. The van der Waals surface area contributed by atoms with Crippen LogP contribution in [-0.2, 0) is 0 Å². The number of ketones is 1. The van der Waals surface area contributed by atoms with Gasteiger partial charge >= 0.3 is 0 Å². The van der Waals surface area contributed by atoms with Crippen LogP contribution in [-0.4, -0.2) is 17.0 Å². The molecule has 0 atom stereocenters. The van der Waals surface area contributed by atoms with E-state index in [0.717, 1.165) is 6.07 Å². The third kappa shape index (κ3) is 2.10. The van der Waals surface area contributed by atoms with Crippen LogP contribution in [0, 0.1) is 10.1 Å². The first kappa shape index (κ1) is 11.5. The first-order valence-electron chi connectivity index (χ1n) is 3.92. The molecule has 15 heavy (non-hydrogen) atoms. The molecular formula is C9H6BrNO4. The van der Waals surface area contributed by atoms with E-state index in [9.17, 15) is 19.7 Å². The highest BCUT2D eigenvalue weighted by molar-refractivity contribution is 9.10. The van der Waals surface area contributed by atoms with Gasteiger partial charge in [-0.1, -0.05) is 0 Å². The molecule has 1 aromatic rings. The Hall–Kier alpha value is -1.56. The third-order valence-corrected chi connectivity index (χ3v) is 2.68. The number of hydrogen-bond acceptors (Lipinski definition) is 4. The molecule has 0 saturated heterocycles. The Morgan fingerprint density at radius 3 is 2.53 bits per heavy atom. The molecule has 0 radical (unpaired) electrons. The maximum Gasteiger partial charge on any atom is 0.281 e. The number of benzene rings is 1. The van der Waals surface area contributed by atoms with Crippen molar-refractivity contribution in [2.24, 2.45) is 0 Å². The zero-order valence-electron chi connectivity index (χ0n) is 7.69. The van der Waals surface area contributed by atoms with Gasteiger partial charge in [0.25, 0.3) is 5.69 Å². The molecule has 0 aliphatic heterocycles. The van der Waals surface area contributed by atoms with E-state index in [1.54, 1.807) is 0 Å². The lowest BCUT2D eigenvalue weighted by molar-refractivity contribution is -0.385. The van der Waals surface area contributed by atoms with E-state index in [1.807, 2.05) is 0 Å². The van der Waals surface area contributed by atoms with Crippen molar-refractivity contribution in [2.45, 2.75) is 6.92 Å². The van der Waals surface area contributed by atoms with Gasteiger partial charge in [-0.3, -0.25) is 19.7 Å². The average Bonchev–Trinajstić information content (AvgIpc) is 2.16. The summed E-state index contributed by atoms with van der Waals surface area (Å²) in [5.74, 6) is -0.461. The SMILES string of the molecule is CC(=O)c1c([N+](=O)[O-])ccc(C=O)c1Br. The van der Waals surface area contributed by atoms with Crippen LogP contribution in [0.3, 0.4) is 0 Å². The molecule has 1 aromatic carbocycles. The maximum atomic E-state index is 11.2. The van der Waals surface area contributed by atoms with Gasteiger partial charge < -0.3 is 0 Å². The van der Waals surface area contributed by atoms with E-state index in [1.165, 1.54) is 13.0 Å². The van der Waals surface area contributed by atoms with E-state index in [-0.39, 0.29) is 21.3 Å². The zero-order chi connectivity index (χ0) is 11.6. The Bertz CT molecular complexity index is 456. The van der Waals surface area contributed by atoms with Crippen LogP contribution >= 0.6 is 15.9 Å². The van der Waals surface area contributed by atoms with Crippen LogP contribution in [0.15, 0.2) is 16.6 Å². The molecule has 1 rings (SSSR count). The van der Waals surface area contributed by atoms with Crippen molar-refractivity contribution in [3.05, 3.63) is 37.8 Å². The lowest BCUT2D eigenvalue weighted by Crippen LogP contribution is -2.03. The maximum absolute atomic E-state index is 11.2. The van der Waals surface area contributed by atoms with Crippen molar-refractivity contribution in [1.82, 2.24) is 0 Å². The summed E-state index contributed by atoms with van der Waals surface area (Å²) in [6, 6.07) is 2.44. The minimum Gasteiger partial charge on any atom is -0.298 e. The van der Waals surface area contributed by atoms with Crippen LogP contribution in [0.2, 0.25) is 0 Å². The molecule has 0 aliphatic rings. The molecule has 0 bridgehead atoms. The van der Waals surface area contributed by atoms with Crippen LogP contribution in [0.4, 0.5) is 5.69 Å². The summed E-state index contributed by atoms with van der Waals surface area (Å²) in [5.41, 5.74) is -0.171. The first-order chi connectivity index (χ1) is 6.99. The minimum absolute atomic E-state index is 0.0791. The molecule has 5 nitrogen and oxygen atoms in total. The normalized spacial score (nSPS) is 9.73. The van der Waals surface area contributed by atoms with Crippen molar-refractivity contribution in [3.63, 3.8) is 0 Å². The Morgan fingerprint density at radius 1 is 1.53 bits per heavy atom. The Kier molecular flexibility index (Phi) is 3.31. The predicted octanol–water partition coefficient (Wildman–Crippen LogP) is 2.37. The summed E-state index contributed by atoms with van der Waals surface area (Å²) in [4.78, 5) is 31.7. The second kappa shape index (κ2) is 4.31. The smallest absolute Gasteiger partial charge is 0.281 e. The molecule has 0 saturated carbocycles. The standard InChI is InChI=1S/C9H6BrNO4/c1-5(13)8-7(11(14)15)3-2-6(4-12)9(8)10/h2-4H,1H3. The molecule has 0 fully saturated rings. The quantitative estimate of drug-likeness (QED) is 0.366. The summed E-state index contributed by atoms with van der Waals surface area (Å²) >= 11 is 3.00. The van der Waals surface area contributed by atoms with Crippen LogP contribution in [0.1, 0.15) is 27.6 Å². The van der Waals surface area contributed by atoms with Gasteiger partial charge in [0.15, 0.2) is 12.1 Å². The highest BCUT2D eigenvalue weighted by Crippen LogP contribution is 2.29. The molecular weight excluding hydrogens is 266 g/mol. The topological polar surface area (TPSA) is 77.3 Å². The fourth-order valence-corrected chi connectivity index (χ4v) is 1.87. The van der Waals surface area contributed by atoms with Gasteiger partial charge in [0.05, 0.1) is 4.92 Å². The van der Waals surface area contributed by atoms with Gasteiger partial charge in [-0.25, -0.2) is 0 Å². The lowest BCUT2D eigenvalue weighted by Gasteiger charge is -2.03. The highest BCUT2D eigenvalue weighted by atomic mass is 79.9. The van der Waals surface area contributed by atoms with Gasteiger partial charge in [-0.2, -0.15) is 0 Å². The van der Waals surface area contributed by atoms with Gasteiger partial charge in [-0.05, 0) is 28.9 Å². The number of Topliss-reactive ketones (excluding diaryl/α,β-unsaturated/α-hetero) is 1. The molecule has 0 aromatic heterocycles. The number of aldehydes is 1. The zero-order valence-corrected chi connectivity index (χ0v) is 9.28. The van der Waals surface area contributed by atoms with Crippen molar-refractivity contribution in [2.75, 3.05) is 0 Å². The second-order valence-electron chi connectivity index (χ2n) is 2.79. The average molecular weight is 272 g/mol. The summed E-state index contributed by atoms with van der Waals surface area (Å²) in [5, 5.41) is 10.6. The highest BCUT2D eigenvalue weighted by Gasteiger charge is 2.22. The number of halogens is 1. The monoisotopic (exact) mass is 271 g/mol. The van der Waals surface area contributed by atoms with E-state index in [0.29, 0.717) is 6.29 Å². The van der Waals surface area contributed by atoms with Gasteiger partial charge in [0, 0.05) is 16.1 Å². The Labute approximate surface area is 93.4 Å². The molecule has 0 N–H and O–H groups in total. The Balaban J connectivity index is 3.58. The summed E-state index contributed by atoms with van der Waals surface area (Å²) < 4.78 is 0.166. The first-order valence-corrected chi connectivity index (χ1v) is 4.71. The lowest BCUT2D eigenvalue weighted by atomic mass is 10.1. The van der Waals surface area contributed by atoms with Crippen molar-refractivity contribution in [1.29, 1.82) is 0 Å². The largest absolute Gasteiger partial charge is 0.298 e. The second-order valence-corrected chi connectivity index (χ2v) is 3.59. The molecule has 78 valence electrons. The van der Waals surface area contributed by atoms with Crippen molar-refractivity contribution >= 4 is 33.7 Å². The fraction of sp³-hybridized carbons (Fsp3) is 0.111. The molecule has 0 amide bonds. The Morgan fingerprint density at radius 2 is 2.13 bits per heavy atom. The van der Waals surface area contributed by atoms with E-state index >= 15 is 0 Å². The number of hydrogen-bond donors (Lipinski definition) is 0. The number of nitro groups is 1. The van der Waals surface area contributed by atoms with Gasteiger partial charge in [0.2, 0.25) is 0 Å². The van der Waals surface area contributed by atoms with E-state index in [4.69, 9.17) is 0 Å². The molecule has 0 unspecified atom stereocenters. The summed E-state index contributed by atoms with van der Waals surface area (Å²) in [7, 11) is 0. The molecule has 0 heterocycles. The molecule has 0 aliphatic carbocycles. The number of nitrogens with zero attached hydrogens (tertiary/aromatic N) is 1. The summed E-state index contributed by atoms with van der Waals surface area (Å²) in [6.45, 7) is 1.21. The summed E-state index contributed by atoms with van der Waals surface area (Å²) in [6.07, 6.45) is 0.528. The van der Waals surface area contributed by atoms with Gasteiger partial charge in [0.1, 0.15) is 5.56 Å². The fourth-order valence-electron chi connectivity index (χ4n) is 1.16. The van der Waals surface area contributed by atoms with Crippen LogP contribution < -0.4 is 0 Å². The third-order valence-electron chi connectivity index (χ3n) is 1.83. The predicted molar refractivity (Wildman–Crippen MR) is 56.2 cm³/mol. The van der Waals surface area contributed by atoms with Crippen LogP contribution in [0.5, 0.6) is 0 Å². The molecule has 0 spiro atoms. The van der Waals surface area contributed by atoms with E-state index in [2.05, 4.69) is 15.9 Å². The number of carbonyl (C=O) groups excluding carboxylic acids is 2. The van der Waals surface area contributed by atoms with E-state index < -0.39 is 10.7 Å². The van der Waals surface area contributed by atoms with Crippen molar-refractivity contribution < 1.29 is 14.5 Å². The number of carbonyl (C=O) groups is 2. The number of nitro benzene ring substituents is 1. The molecule has 6 heteroatoms. The minimum atomic E-state index is -0.657.